The van der Waals surface area contributed by atoms with Crippen LogP contribution < -0.4 is 11.2 Å². The van der Waals surface area contributed by atoms with Crippen molar-refractivity contribution in [3.63, 3.8) is 0 Å². The second kappa shape index (κ2) is 4.66. The third-order valence-corrected chi connectivity index (χ3v) is 3.74. The molecule has 1 aliphatic carbocycles. The van der Waals surface area contributed by atoms with Gasteiger partial charge >= 0.3 is 5.69 Å². The summed E-state index contributed by atoms with van der Waals surface area (Å²) in [5, 5.41) is 0.123. The second-order valence-corrected chi connectivity index (χ2v) is 4.75. The maximum atomic E-state index is 12.0. The van der Waals surface area contributed by atoms with E-state index in [0.717, 1.165) is 12.8 Å². The molecule has 2 rings (SSSR count). The summed E-state index contributed by atoms with van der Waals surface area (Å²) in [6.45, 7) is 1.61. The van der Waals surface area contributed by atoms with Crippen molar-refractivity contribution >= 4 is 11.6 Å². The Hall–Kier alpha value is -1.07. The Morgan fingerprint density at radius 1 is 1.41 bits per heavy atom. The van der Waals surface area contributed by atoms with Crippen LogP contribution in [-0.4, -0.2) is 22.8 Å². The molecule has 1 saturated carbocycles. The highest BCUT2D eigenvalue weighted by Gasteiger charge is 2.28. The first kappa shape index (κ1) is 12.4. The molecule has 6 heteroatoms. The van der Waals surface area contributed by atoms with E-state index >= 15 is 0 Å². The Morgan fingerprint density at radius 3 is 2.71 bits per heavy atom. The van der Waals surface area contributed by atoms with Gasteiger partial charge in [-0.1, -0.05) is 11.6 Å². The van der Waals surface area contributed by atoms with E-state index in [9.17, 15) is 9.59 Å². The molecule has 0 radical (unpaired) electrons. The Labute approximate surface area is 103 Å². The van der Waals surface area contributed by atoms with E-state index in [-0.39, 0.29) is 22.9 Å². The zero-order valence-corrected chi connectivity index (χ0v) is 10.6. The number of H-pyrrole nitrogens is 1. The third kappa shape index (κ3) is 2.17. The molecular weight excluding hydrogens is 244 g/mol. The first-order valence-electron chi connectivity index (χ1n) is 5.58. The molecule has 1 aromatic rings. The van der Waals surface area contributed by atoms with E-state index < -0.39 is 5.69 Å². The summed E-state index contributed by atoms with van der Waals surface area (Å²) in [6, 6.07) is -0.0906. The van der Waals surface area contributed by atoms with Gasteiger partial charge in [0.05, 0.1) is 6.10 Å². The number of methoxy groups -OCH3 is 1. The zero-order valence-electron chi connectivity index (χ0n) is 9.83. The lowest BCUT2D eigenvalue weighted by atomic mass is 10.2. The van der Waals surface area contributed by atoms with Crippen molar-refractivity contribution < 1.29 is 4.74 Å². The molecule has 0 spiro atoms. The van der Waals surface area contributed by atoms with Gasteiger partial charge in [0.2, 0.25) is 0 Å². The van der Waals surface area contributed by atoms with Crippen LogP contribution in [0.5, 0.6) is 0 Å². The Balaban J connectivity index is 2.44. The molecule has 2 unspecified atom stereocenters. The van der Waals surface area contributed by atoms with Crippen LogP contribution in [0.4, 0.5) is 0 Å². The number of halogens is 1. The van der Waals surface area contributed by atoms with Gasteiger partial charge in [0.25, 0.3) is 5.56 Å². The van der Waals surface area contributed by atoms with Crippen LogP contribution in [0.3, 0.4) is 0 Å². The number of rotatable bonds is 2. The van der Waals surface area contributed by atoms with Crippen molar-refractivity contribution in [2.75, 3.05) is 7.11 Å². The minimum atomic E-state index is -0.438. The Kier molecular flexibility index (Phi) is 3.40. The topological polar surface area (TPSA) is 64.1 Å². The van der Waals surface area contributed by atoms with E-state index in [0.29, 0.717) is 12.0 Å². The monoisotopic (exact) mass is 258 g/mol. The lowest BCUT2D eigenvalue weighted by Gasteiger charge is -2.13. The molecule has 1 aromatic heterocycles. The fourth-order valence-electron chi connectivity index (χ4n) is 2.31. The minimum absolute atomic E-state index is 0.0906. The summed E-state index contributed by atoms with van der Waals surface area (Å²) in [6.07, 6.45) is 2.47. The number of hydrogen-bond donors (Lipinski definition) is 1. The molecule has 94 valence electrons. The zero-order chi connectivity index (χ0) is 12.6. The lowest BCUT2D eigenvalue weighted by molar-refractivity contribution is 0.105. The van der Waals surface area contributed by atoms with Crippen molar-refractivity contribution in [1.82, 2.24) is 9.55 Å². The normalized spacial score (nSPS) is 24.2. The highest BCUT2D eigenvalue weighted by Crippen LogP contribution is 2.29. The van der Waals surface area contributed by atoms with Crippen molar-refractivity contribution in [3.8, 4) is 0 Å². The minimum Gasteiger partial charge on any atom is -0.381 e. The number of hydrogen-bond acceptors (Lipinski definition) is 3. The average Bonchev–Trinajstić information content (AvgIpc) is 2.74. The first-order valence-corrected chi connectivity index (χ1v) is 5.96. The number of nitrogens with zero attached hydrogens (tertiary/aromatic N) is 1. The fraction of sp³-hybridized carbons (Fsp3) is 0.636. The molecule has 0 aromatic carbocycles. The molecule has 1 heterocycles. The van der Waals surface area contributed by atoms with Gasteiger partial charge in [-0.2, -0.15) is 0 Å². The fourth-order valence-corrected chi connectivity index (χ4v) is 2.47. The van der Waals surface area contributed by atoms with Gasteiger partial charge in [-0.05, 0) is 26.2 Å². The molecule has 1 N–H and O–H groups in total. The van der Waals surface area contributed by atoms with Crippen LogP contribution >= 0.6 is 11.6 Å². The van der Waals surface area contributed by atoms with E-state index in [1.165, 1.54) is 4.57 Å². The molecule has 2 atom stereocenters. The van der Waals surface area contributed by atoms with Crippen molar-refractivity contribution in [1.29, 1.82) is 0 Å². The van der Waals surface area contributed by atoms with Gasteiger partial charge < -0.3 is 4.74 Å². The van der Waals surface area contributed by atoms with Crippen LogP contribution in [0, 0.1) is 6.92 Å². The van der Waals surface area contributed by atoms with Crippen molar-refractivity contribution in [3.05, 3.63) is 31.6 Å². The predicted octanol–water partition coefficient (Wildman–Crippen LogP) is 1.24. The number of ether oxygens (including phenoxy) is 1. The second-order valence-electron chi connectivity index (χ2n) is 4.37. The molecule has 1 fully saturated rings. The van der Waals surface area contributed by atoms with Crippen molar-refractivity contribution in [2.24, 2.45) is 0 Å². The maximum absolute atomic E-state index is 12.0. The van der Waals surface area contributed by atoms with Crippen LogP contribution in [0.15, 0.2) is 9.59 Å². The molecule has 0 aliphatic heterocycles. The first-order chi connectivity index (χ1) is 8.04. The summed E-state index contributed by atoms with van der Waals surface area (Å²) in [5.41, 5.74) is -0.361. The van der Waals surface area contributed by atoms with Gasteiger partial charge in [0.15, 0.2) is 0 Å². The van der Waals surface area contributed by atoms with Gasteiger partial charge in [-0.3, -0.25) is 14.3 Å². The van der Waals surface area contributed by atoms with E-state index in [4.69, 9.17) is 16.3 Å². The van der Waals surface area contributed by atoms with Crippen LogP contribution in [0.1, 0.15) is 30.9 Å². The average molecular weight is 259 g/mol. The van der Waals surface area contributed by atoms with E-state index in [1.807, 2.05) is 0 Å². The number of aromatic amines is 1. The highest BCUT2D eigenvalue weighted by molar-refractivity contribution is 6.30. The van der Waals surface area contributed by atoms with Crippen LogP contribution in [-0.2, 0) is 4.74 Å². The molecule has 5 nitrogen and oxygen atoms in total. The summed E-state index contributed by atoms with van der Waals surface area (Å²) in [7, 11) is 1.65. The number of aromatic nitrogens is 2. The SMILES string of the molecule is COC1CCC(n2c(=O)[nH]c(Cl)c(C)c2=O)C1. The maximum Gasteiger partial charge on any atom is 0.329 e. The van der Waals surface area contributed by atoms with Crippen molar-refractivity contribution in [2.45, 2.75) is 38.3 Å². The lowest BCUT2D eigenvalue weighted by Crippen LogP contribution is -2.38. The molecule has 17 heavy (non-hydrogen) atoms. The summed E-state index contributed by atoms with van der Waals surface area (Å²) in [5.74, 6) is 0. The van der Waals surface area contributed by atoms with E-state index in [2.05, 4.69) is 4.98 Å². The number of nitrogens with one attached hydrogen (secondary N) is 1. The van der Waals surface area contributed by atoms with Crippen LogP contribution in [0.2, 0.25) is 5.15 Å². The standard InChI is InChI=1S/C11H15ClN2O3/c1-6-9(12)13-11(16)14(10(6)15)7-3-4-8(5-7)17-2/h7-8H,3-5H2,1-2H3,(H,13,16). The van der Waals surface area contributed by atoms with Gasteiger partial charge in [0, 0.05) is 18.7 Å². The largest absolute Gasteiger partial charge is 0.381 e. The van der Waals surface area contributed by atoms with Gasteiger partial charge in [0.1, 0.15) is 5.15 Å². The third-order valence-electron chi connectivity index (χ3n) is 3.36. The molecular formula is C11H15ClN2O3. The van der Waals surface area contributed by atoms with Gasteiger partial charge in [-0.25, -0.2) is 4.79 Å². The van der Waals surface area contributed by atoms with E-state index in [1.54, 1.807) is 14.0 Å². The molecule has 1 aliphatic rings. The van der Waals surface area contributed by atoms with Crippen LogP contribution in [0.25, 0.3) is 0 Å². The smallest absolute Gasteiger partial charge is 0.329 e. The van der Waals surface area contributed by atoms with Gasteiger partial charge in [-0.15, -0.1) is 0 Å². The molecule has 0 saturated heterocycles. The quantitative estimate of drug-likeness (QED) is 0.812. The Bertz CT molecular complexity index is 534. The highest BCUT2D eigenvalue weighted by atomic mass is 35.5. The molecule has 0 amide bonds. The Morgan fingerprint density at radius 2 is 2.12 bits per heavy atom. The summed E-state index contributed by atoms with van der Waals surface area (Å²) < 4.78 is 6.51. The summed E-state index contributed by atoms with van der Waals surface area (Å²) in [4.78, 5) is 26.3. The summed E-state index contributed by atoms with van der Waals surface area (Å²) >= 11 is 5.76. The predicted molar refractivity (Wildman–Crippen MR) is 64.8 cm³/mol. The molecule has 0 bridgehead atoms.